The molecule has 0 unspecified atom stereocenters. The van der Waals surface area contributed by atoms with Gasteiger partial charge in [0.1, 0.15) is 11.3 Å². The number of piperidine rings is 1. The maximum atomic E-state index is 12.9. The van der Waals surface area contributed by atoms with Gasteiger partial charge in [0.25, 0.3) is 5.91 Å². The van der Waals surface area contributed by atoms with Gasteiger partial charge in [0.2, 0.25) is 0 Å². The van der Waals surface area contributed by atoms with E-state index in [4.69, 9.17) is 4.74 Å². The second-order valence-electron chi connectivity index (χ2n) is 8.78. The number of likely N-dealkylation sites (tertiary alicyclic amines) is 1. The van der Waals surface area contributed by atoms with Gasteiger partial charge in [-0.1, -0.05) is 0 Å². The number of amides is 2. The Kier molecular flexibility index (Phi) is 6.57. The molecule has 7 heteroatoms. The van der Waals surface area contributed by atoms with Crippen molar-refractivity contribution in [1.29, 1.82) is 0 Å². The summed E-state index contributed by atoms with van der Waals surface area (Å²) in [5.74, 6) is 0.238. The first-order valence-electron chi connectivity index (χ1n) is 9.84. The molecule has 0 bridgehead atoms. The van der Waals surface area contributed by atoms with E-state index in [1.165, 1.54) is 6.92 Å². The molecule has 0 atom stereocenters. The number of H-pyrrole nitrogens is 1. The van der Waals surface area contributed by atoms with E-state index < -0.39 is 5.60 Å². The first-order valence-corrected chi connectivity index (χ1v) is 9.84. The smallest absolute Gasteiger partial charge is 0.410 e. The maximum absolute atomic E-state index is 12.9. The largest absolute Gasteiger partial charge is 0.444 e. The van der Waals surface area contributed by atoms with E-state index in [-0.39, 0.29) is 17.8 Å². The lowest BCUT2D eigenvalue weighted by Gasteiger charge is -2.34. The summed E-state index contributed by atoms with van der Waals surface area (Å²) in [7, 11) is 1.75. The van der Waals surface area contributed by atoms with Crippen LogP contribution in [0.4, 0.5) is 4.79 Å². The van der Waals surface area contributed by atoms with E-state index in [2.05, 4.69) is 4.98 Å². The molecule has 1 aromatic rings. The second-order valence-corrected chi connectivity index (χ2v) is 8.78. The molecular weight excluding hydrogens is 358 g/mol. The van der Waals surface area contributed by atoms with Crippen LogP contribution in [0.25, 0.3) is 0 Å². The molecule has 2 rings (SSSR count). The van der Waals surface area contributed by atoms with Crippen LogP contribution < -0.4 is 0 Å². The van der Waals surface area contributed by atoms with Crippen molar-refractivity contribution in [2.24, 2.45) is 5.92 Å². The van der Waals surface area contributed by atoms with Crippen LogP contribution in [0, 0.1) is 19.8 Å². The van der Waals surface area contributed by atoms with E-state index in [9.17, 15) is 14.4 Å². The Morgan fingerprint density at radius 1 is 1.18 bits per heavy atom. The monoisotopic (exact) mass is 391 g/mol. The molecule has 0 aliphatic carbocycles. The Bertz CT molecular complexity index is 752. The van der Waals surface area contributed by atoms with Crippen LogP contribution in [0.1, 0.15) is 72.6 Å². The zero-order valence-electron chi connectivity index (χ0n) is 18.1. The van der Waals surface area contributed by atoms with Gasteiger partial charge in [0.15, 0.2) is 5.78 Å². The standard InChI is InChI=1S/C21H33N3O4/c1-13-17(15(3)25)14(2)22-18(13)19(26)24-10-8-16(9-11-24)12-23(7)20(27)28-21(4,5)6/h16,22H,8-12H2,1-7H3. The van der Waals surface area contributed by atoms with Gasteiger partial charge in [0.05, 0.1) is 0 Å². The summed E-state index contributed by atoms with van der Waals surface area (Å²) in [4.78, 5) is 43.4. The molecule has 1 aromatic heterocycles. The molecule has 1 aliphatic heterocycles. The van der Waals surface area contributed by atoms with Crippen LogP contribution in [-0.2, 0) is 4.74 Å². The molecule has 2 amide bonds. The third-order valence-corrected chi connectivity index (χ3v) is 5.14. The second kappa shape index (κ2) is 8.37. The Balaban J connectivity index is 1.93. The highest BCUT2D eigenvalue weighted by molar-refractivity contribution is 6.02. The predicted octanol–water partition coefficient (Wildman–Crippen LogP) is 3.55. The summed E-state index contributed by atoms with van der Waals surface area (Å²) < 4.78 is 5.39. The van der Waals surface area contributed by atoms with Gasteiger partial charge in [-0.05, 0) is 65.9 Å². The van der Waals surface area contributed by atoms with Crippen molar-refractivity contribution >= 4 is 17.8 Å². The molecule has 0 radical (unpaired) electrons. The number of carbonyl (C=O) groups is 3. The number of aromatic amines is 1. The third-order valence-electron chi connectivity index (χ3n) is 5.14. The van der Waals surface area contributed by atoms with Crippen molar-refractivity contribution < 1.29 is 19.1 Å². The minimum absolute atomic E-state index is 0.0332. The minimum atomic E-state index is -0.508. The molecule has 28 heavy (non-hydrogen) atoms. The molecule has 1 N–H and O–H groups in total. The Morgan fingerprint density at radius 2 is 1.75 bits per heavy atom. The maximum Gasteiger partial charge on any atom is 0.410 e. The van der Waals surface area contributed by atoms with Gasteiger partial charge < -0.3 is 19.5 Å². The molecule has 156 valence electrons. The average molecular weight is 392 g/mol. The fourth-order valence-electron chi connectivity index (χ4n) is 3.77. The number of ketones is 1. The van der Waals surface area contributed by atoms with Crippen LogP contribution in [-0.4, -0.2) is 64.9 Å². The van der Waals surface area contributed by atoms with Gasteiger partial charge in [-0.15, -0.1) is 0 Å². The Labute approximate surface area is 167 Å². The number of Topliss-reactive ketones (excluding diaryl/α,β-unsaturated/α-hetero) is 1. The van der Waals surface area contributed by atoms with Crippen LogP contribution in [0.3, 0.4) is 0 Å². The molecule has 1 saturated heterocycles. The number of aromatic nitrogens is 1. The van der Waals surface area contributed by atoms with Crippen molar-refractivity contribution in [3.05, 3.63) is 22.5 Å². The predicted molar refractivity (Wildman–Crippen MR) is 108 cm³/mol. The van der Waals surface area contributed by atoms with E-state index in [0.29, 0.717) is 36.8 Å². The molecule has 7 nitrogen and oxygen atoms in total. The fraction of sp³-hybridized carbons (Fsp3) is 0.667. The van der Waals surface area contributed by atoms with Crippen LogP contribution in [0.15, 0.2) is 0 Å². The first-order chi connectivity index (χ1) is 12.9. The lowest BCUT2D eigenvalue weighted by Crippen LogP contribution is -2.43. The summed E-state index contributed by atoms with van der Waals surface area (Å²) in [6, 6.07) is 0. The summed E-state index contributed by atoms with van der Waals surface area (Å²) in [6.07, 6.45) is 1.34. The normalized spacial score (nSPS) is 15.5. The Hall–Kier alpha value is -2.31. The first kappa shape index (κ1) is 22.0. The van der Waals surface area contributed by atoms with E-state index in [1.807, 2.05) is 39.5 Å². The van der Waals surface area contributed by atoms with Crippen LogP contribution in [0.2, 0.25) is 0 Å². The third kappa shape index (κ3) is 5.14. The van der Waals surface area contributed by atoms with Crippen LogP contribution in [0.5, 0.6) is 0 Å². The minimum Gasteiger partial charge on any atom is -0.444 e. The lowest BCUT2D eigenvalue weighted by atomic mass is 9.96. The van der Waals surface area contributed by atoms with Crippen molar-refractivity contribution in [3.8, 4) is 0 Å². The van der Waals surface area contributed by atoms with Crippen LogP contribution >= 0.6 is 0 Å². The number of carbonyl (C=O) groups excluding carboxylic acids is 3. The summed E-state index contributed by atoms with van der Waals surface area (Å²) in [5, 5.41) is 0. The van der Waals surface area contributed by atoms with E-state index in [1.54, 1.807) is 11.9 Å². The SMILES string of the molecule is CC(=O)c1c(C)[nH]c(C(=O)N2CCC(CN(C)C(=O)OC(C)(C)C)CC2)c1C. The lowest BCUT2D eigenvalue weighted by molar-refractivity contribution is 0.0245. The number of hydrogen-bond donors (Lipinski definition) is 1. The van der Waals surface area contributed by atoms with Crippen molar-refractivity contribution in [3.63, 3.8) is 0 Å². The number of rotatable bonds is 4. The van der Waals surface area contributed by atoms with Crippen molar-refractivity contribution in [2.75, 3.05) is 26.7 Å². The van der Waals surface area contributed by atoms with Crippen molar-refractivity contribution in [1.82, 2.24) is 14.8 Å². The summed E-state index contributed by atoms with van der Waals surface area (Å²) in [5.41, 5.74) is 2.07. The highest BCUT2D eigenvalue weighted by atomic mass is 16.6. The highest BCUT2D eigenvalue weighted by Crippen LogP contribution is 2.24. The highest BCUT2D eigenvalue weighted by Gasteiger charge is 2.29. The van der Waals surface area contributed by atoms with Gasteiger partial charge in [-0.2, -0.15) is 0 Å². The summed E-state index contributed by atoms with van der Waals surface area (Å²) in [6.45, 7) is 12.6. The number of aryl methyl sites for hydroxylation is 1. The van der Waals surface area contributed by atoms with Gasteiger partial charge in [-0.3, -0.25) is 9.59 Å². The summed E-state index contributed by atoms with van der Waals surface area (Å²) >= 11 is 0. The molecular formula is C21H33N3O4. The quantitative estimate of drug-likeness (QED) is 0.796. The van der Waals surface area contributed by atoms with E-state index in [0.717, 1.165) is 24.1 Å². The van der Waals surface area contributed by atoms with Gasteiger partial charge in [0, 0.05) is 37.9 Å². The number of nitrogens with zero attached hydrogens (tertiary/aromatic N) is 2. The number of hydrogen-bond acceptors (Lipinski definition) is 4. The Morgan fingerprint density at radius 3 is 2.21 bits per heavy atom. The zero-order valence-corrected chi connectivity index (χ0v) is 18.1. The molecule has 0 spiro atoms. The molecule has 1 aliphatic rings. The molecule has 2 heterocycles. The number of nitrogens with one attached hydrogen (secondary N) is 1. The van der Waals surface area contributed by atoms with Gasteiger partial charge >= 0.3 is 6.09 Å². The van der Waals surface area contributed by atoms with Crippen molar-refractivity contribution in [2.45, 2.75) is 60.0 Å². The zero-order chi connectivity index (χ0) is 21.2. The molecule has 0 saturated carbocycles. The average Bonchev–Trinajstić information content (AvgIpc) is 2.87. The molecule has 1 fully saturated rings. The number of ether oxygens (including phenoxy) is 1. The van der Waals surface area contributed by atoms with Gasteiger partial charge in [-0.25, -0.2) is 4.79 Å². The van der Waals surface area contributed by atoms with E-state index >= 15 is 0 Å². The fourth-order valence-corrected chi connectivity index (χ4v) is 3.77. The molecule has 0 aromatic carbocycles. The topological polar surface area (TPSA) is 82.7 Å².